The van der Waals surface area contributed by atoms with Crippen molar-refractivity contribution in [2.45, 2.75) is 45.8 Å². The molecule has 0 bridgehead atoms. The van der Waals surface area contributed by atoms with Gasteiger partial charge in [-0.3, -0.25) is 4.90 Å². The molecular weight excluding hydrogens is 238 g/mol. The van der Waals surface area contributed by atoms with Crippen LogP contribution in [0, 0.1) is 0 Å². The lowest BCUT2D eigenvalue weighted by atomic mass is 10.2. The van der Waals surface area contributed by atoms with Crippen molar-refractivity contribution in [1.82, 2.24) is 15.1 Å². The number of ether oxygens (including phenoxy) is 1. The van der Waals surface area contributed by atoms with Gasteiger partial charge in [0.1, 0.15) is 0 Å². The van der Waals surface area contributed by atoms with Crippen molar-refractivity contribution < 1.29 is 4.74 Å². The standard InChI is InChI=1S/C15H33N3O/c1-5-8-17(4)12-15-13-18(10-11-19-15)9-6-7-16-14(2)3/h14-16H,5-13H2,1-4H3. The summed E-state index contributed by atoms with van der Waals surface area (Å²) in [6, 6.07) is 0.597. The fourth-order valence-corrected chi connectivity index (χ4v) is 2.61. The Bertz CT molecular complexity index is 223. The highest BCUT2D eigenvalue weighted by Crippen LogP contribution is 2.07. The number of rotatable bonds is 9. The Morgan fingerprint density at radius 2 is 2.21 bits per heavy atom. The molecule has 1 N–H and O–H groups in total. The molecule has 4 heteroatoms. The average molecular weight is 271 g/mol. The van der Waals surface area contributed by atoms with E-state index in [1.54, 1.807) is 0 Å². The average Bonchev–Trinajstić information content (AvgIpc) is 2.35. The SMILES string of the molecule is CCCN(C)CC1CN(CCCNC(C)C)CCO1. The van der Waals surface area contributed by atoms with Gasteiger partial charge in [0.05, 0.1) is 12.7 Å². The molecule has 1 aliphatic rings. The predicted octanol–water partition coefficient (Wildman–Crippen LogP) is 1.42. The number of likely N-dealkylation sites (N-methyl/N-ethyl adjacent to an activating group) is 1. The normalized spacial score (nSPS) is 21.5. The third-order valence-electron chi connectivity index (χ3n) is 3.55. The van der Waals surface area contributed by atoms with Gasteiger partial charge in [-0.25, -0.2) is 0 Å². The fraction of sp³-hybridized carbons (Fsp3) is 1.00. The van der Waals surface area contributed by atoms with E-state index in [0.29, 0.717) is 12.1 Å². The molecule has 0 amide bonds. The van der Waals surface area contributed by atoms with Crippen LogP contribution in [0.4, 0.5) is 0 Å². The number of hydrogen-bond donors (Lipinski definition) is 1. The van der Waals surface area contributed by atoms with Crippen LogP contribution in [0.3, 0.4) is 0 Å². The second-order valence-corrected chi connectivity index (χ2v) is 6.02. The Morgan fingerprint density at radius 1 is 1.42 bits per heavy atom. The maximum absolute atomic E-state index is 5.87. The van der Waals surface area contributed by atoms with Gasteiger partial charge in [-0.15, -0.1) is 0 Å². The third-order valence-corrected chi connectivity index (χ3v) is 3.55. The van der Waals surface area contributed by atoms with E-state index in [0.717, 1.165) is 39.3 Å². The zero-order chi connectivity index (χ0) is 14.1. The van der Waals surface area contributed by atoms with E-state index in [9.17, 15) is 0 Å². The summed E-state index contributed by atoms with van der Waals surface area (Å²) in [6.07, 6.45) is 2.84. The Labute approximate surface area is 119 Å². The van der Waals surface area contributed by atoms with Crippen LogP contribution >= 0.6 is 0 Å². The first-order valence-corrected chi connectivity index (χ1v) is 7.87. The van der Waals surface area contributed by atoms with E-state index in [4.69, 9.17) is 4.74 Å². The van der Waals surface area contributed by atoms with Crippen molar-refractivity contribution in [2.75, 3.05) is 52.9 Å². The Balaban J connectivity index is 2.15. The van der Waals surface area contributed by atoms with E-state index < -0.39 is 0 Å². The molecule has 0 aromatic rings. The van der Waals surface area contributed by atoms with Gasteiger partial charge in [-0.05, 0) is 39.5 Å². The highest BCUT2D eigenvalue weighted by Gasteiger charge is 2.20. The van der Waals surface area contributed by atoms with Crippen molar-refractivity contribution in [3.63, 3.8) is 0 Å². The summed E-state index contributed by atoms with van der Waals surface area (Å²) in [6.45, 7) is 14.3. The Morgan fingerprint density at radius 3 is 2.89 bits per heavy atom. The molecule has 0 radical (unpaired) electrons. The number of morpholine rings is 1. The second-order valence-electron chi connectivity index (χ2n) is 6.02. The van der Waals surface area contributed by atoms with Crippen LogP contribution in [-0.4, -0.2) is 74.9 Å². The molecule has 1 fully saturated rings. The van der Waals surface area contributed by atoms with Crippen molar-refractivity contribution in [3.05, 3.63) is 0 Å². The monoisotopic (exact) mass is 271 g/mol. The number of hydrogen-bond acceptors (Lipinski definition) is 4. The predicted molar refractivity (Wildman–Crippen MR) is 81.7 cm³/mol. The highest BCUT2D eigenvalue weighted by atomic mass is 16.5. The van der Waals surface area contributed by atoms with Gasteiger partial charge in [0, 0.05) is 25.7 Å². The molecule has 1 atom stereocenters. The molecule has 19 heavy (non-hydrogen) atoms. The summed E-state index contributed by atoms with van der Waals surface area (Å²) in [5.74, 6) is 0. The molecule has 1 unspecified atom stereocenters. The Kier molecular flexibility index (Phi) is 8.62. The molecule has 1 aliphatic heterocycles. The molecule has 114 valence electrons. The van der Waals surface area contributed by atoms with E-state index in [2.05, 4.69) is 42.9 Å². The molecule has 0 aromatic heterocycles. The molecule has 1 heterocycles. The van der Waals surface area contributed by atoms with Gasteiger partial charge in [0.2, 0.25) is 0 Å². The van der Waals surface area contributed by atoms with Crippen LogP contribution in [0.1, 0.15) is 33.6 Å². The third kappa shape index (κ3) is 7.88. The lowest BCUT2D eigenvalue weighted by Gasteiger charge is -2.34. The van der Waals surface area contributed by atoms with Crippen LogP contribution in [0.5, 0.6) is 0 Å². The van der Waals surface area contributed by atoms with Crippen molar-refractivity contribution >= 4 is 0 Å². The molecule has 0 saturated carbocycles. The summed E-state index contributed by atoms with van der Waals surface area (Å²) >= 11 is 0. The van der Waals surface area contributed by atoms with Gasteiger partial charge in [0.25, 0.3) is 0 Å². The van der Waals surface area contributed by atoms with E-state index >= 15 is 0 Å². The minimum atomic E-state index is 0.392. The highest BCUT2D eigenvalue weighted by molar-refractivity contribution is 4.74. The van der Waals surface area contributed by atoms with E-state index in [1.807, 2.05) is 0 Å². The fourth-order valence-electron chi connectivity index (χ4n) is 2.61. The second kappa shape index (κ2) is 9.70. The molecule has 1 saturated heterocycles. The number of nitrogens with one attached hydrogen (secondary N) is 1. The van der Waals surface area contributed by atoms with Gasteiger partial charge in [-0.1, -0.05) is 20.8 Å². The molecule has 0 aromatic carbocycles. The van der Waals surface area contributed by atoms with Gasteiger partial charge in [-0.2, -0.15) is 0 Å². The van der Waals surface area contributed by atoms with Gasteiger partial charge < -0.3 is 15.0 Å². The largest absolute Gasteiger partial charge is 0.374 e. The minimum absolute atomic E-state index is 0.392. The van der Waals surface area contributed by atoms with Gasteiger partial charge in [0.15, 0.2) is 0 Å². The van der Waals surface area contributed by atoms with E-state index in [1.165, 1.54) is 19.4 Å². The smallest absolute Gasteiger partial charge is 0.0829 e. The van der Waals surface area contributed by atoms with Crippen LogP contribution in [0.15, 0.2) is 0 Å². The zero-order valence-electron chi connectivity index (χ0n) is 13.3. The first-order chi connectivity index (χ1) is 9.11. The molecule has 4 nitrogen and oxygen atoms in total. The number of nitrogens with zero attached hydrogens (tertiary/aromatic N) is 2. The topological polar surface area (TPSA) is 27.7 Å². The summed E-state index contributed by atoms with van der Waals surface area (Å²) in [5.41, 5.74) is 0. The lowest BCUT2D eigenvalue weighted by Crippen LogP contribution is -2.47. The molecule has 0 aliphatic carbocycles. The summed E-state index contributed by atoms with van der Waals surface area (Å²) in [7, 11) is 2.19. The van der Waals surface area contributed by atoms with Crippen molar-refractivity contribution in [2.24, 2.45) is 0 Å². The minimum Gasteiger partial charge on any atom is -0.374 e. The molecule has 0 spiro atoms. The first kappa shape index (κ1) is 16.9. The summed E-state index contributed by atoms with van der Waals surface area (Å²) < 4.78 is 5.87. The van der Waals surface area contributed by atoms with Crippen molar-refractivity contribution in [1.29, 1.82) is 0 Å². The van der Waals surface area contributed by atoms with E-state index in [-0.39, 0.29) is 0 Å². The quantitative estimate of drug-likeness (QED) is 0.642. The van der Waals surface area contributed by atoms with Crippen LogP contribution in [0.25, 0.3) is 0 Å². The van der Waals surface area contributed by atoms with Crippen LogP contribution in [0.2, 0.25) is 0 Å². The molecule has 1 rings (SSSR count). The molecular formula is C15H33N3O. The van der Waals surface area contributed by atoms with Crippen LogP contribution < -0.4 is 5.32 Å². The van der Waals surface area contributed by atoms with Crippen LogP contribution in [-0.2, 0) is 4.74 Å². The first-order valence-electron chi connectivity index (χ1n) is 7.87. The Hall–Kier alpha value is -0.160. The van der Waals surface area contributed by atoms with Crippen molar-refractivity contribution in [3.8, 4) is 0 Å². The maximum Gasteiger partial charge on any atom is 0.0829 e. The summed E-state index contributed by atoms with van der Waals surface area (Å²) in [4.78, 5) is 4.93. The zero-order valence-corrected chi connectivity index (χ0v) is 13.3. The summed E-state index contributed by atoms with van der Waals surface area (Å²) in [5, 5.41) is 3.48. The maximum atomic E-state index is 5.87. The lowest BCUT2D eigenvalue weighted by molar-refractivity contribution is -0.0405. The van der Waals surface area contributed by atoms with Gasteiger partial charge >= 0.3 is 0 Å².